The average molecular weight is 461 g/mol. The molecule has 1 N–H and O–H groups in total. The molecule has 33 heavy (non-hydrogen) atoms. The van der Waals surface area contributed by atoms with Gasteiger partial charge in [0.1, 0.15) is 5.82 Å². The minimum Gasteiger partial charge on any atom is -0.325 e. The monoisotopic (exact) mass is 460 g/mol. The fraction of sp³-hybridized carbons (Fsp3) is 0.120. The van der Waals surface area contributed by atoms with E-state index in [9.17, 15) is 14.0 Å². The largest absolute Gasteiger partial charge is 0.325 e. The molecule has 0 aliphatic carbocycles. The molecule has 1 heterocycles. The lowest BCUT2D eigenvalue weighted by Crippen LogP contribution is -2.15. The molecule has 0 saturated heterocycles. The zero-order chi connectivity index (χ0) is 23.2. The van der Waals surface area contributed by atoms with E-state index in [1.54, 1.807) is 36.4 Å². The molecule has 0 saturated carbocycles. The zero-order valence-corrected chi connectivity index (χ0v) is 18.7. The molecule has 0 spiro atoms. The average Bonchev–Trinajstić information content (AvgIpc) is 3.21. The smallest absolute Gasteiger partial charge is 0.234 e. The predicted molar refractivity (Wildman–Crippen MR) is 127 cm³/mol. The van der Waals surface area contributed by atoms with E-state index in [0.29, 0.717) is 28.8 Å². The van der Waals surface area contributed by atoms with E-state index in [1.165, 1.54) is 30.8 Å². The standard InChI is InChI=1S/C25H21FN4O2S/c1-17(31)20-8-5-9-22(14-20)27-23(32)16-33-25-29-28-24(19-10-12-21(26)13-11-19)30(25)15-18-6-3-2-4-7-18/h2-14H,15-16H2,1H3,(H,27,32). The van der Waals surface area contributed by atoms with Crippen LogP contribution in [0, 0.1) is 5.82 Å². The number of rotatable bonds is 8. The normalized spacial score (nSPS) is 10.7. The zero-order valence-electron chi connectivity index (χ0n) is 17.9. The van der Waals surface area contributed by atoms with E-state index in [4.69, 9.17) is 0 Å². The summed E-state index contributed by atoms with van der Waals surface area (Å²) in [5, 5.41) is 12.0. The number of thioether (sulfide) groups is 1. The Kier molecular flexibility index (Phi) is 6.95. The van der Waals surface area contributed by atoms with Crippen LogP contribution in [0.25, 0.3) is 11.4 Å². The van der Waals surface area contributed by atoms with Crippen LogP contribution in [0.15, 0.2) is 84.0 Å². The van der Waals surface area contributed by atoms with Crippen LogP contribution < -0.4 is 5.32 Å². The Morgan fingerprint density at radius 3 is 2.45 bits per heavy atom. The van der Waals surface area contributed by atoms with Crippen LogP contribution in [0.1, 0.15) is 22.8 Å². The molecular weight excluding hydrogens is 439 g/mol. The van der Waals surface area contributed by atoms with Gasteiger partial charge in [0.25, 0.3) is 0 Å². The second-order valence-electron chi connectivity index (χ2n) is 7.36. The number of nitrogens with one attached hydrogen (secondary N) is 1. The number of carbonyl (C=O) groups excluding carboxylic acids is 2. The minimum atomic E-state index is -0.326. The van der Waals surface area contributed by atoms with Crippen LogP contribution >= 0.6 is 11.8 Å². The Bertz CT molecular complexity index is 1270. The van der Waals surface area contributed by atoms with Crippen LogP contribution in [0.4, 0.5) is 10.1 Å². The van der Waals surface area contributed by atoms with E-state index in [2.05, 4.69) is 15.5 Å². The van der Waals surface area contributed by atoms with Gasteiger partial charge in [0.05, 0.1) is 12.3 Å². The van der Waals surface area contributed by atoms with E-state index in [-0.39, 0.29) is 23.3 Å². The van der Waals surface area contributed by atoms with E-state index >= 15 is 0 Å². The molecule has 0 unspecified atom stereocenters. The minimum absolute atomic E-state index is 0.0668. The molecule has 6 nitrogen and oxygen atoms in total. The SMILES string of the molecule is CC(=O)c1cccc(NC(=O)CSc2nnc(-c3ccc(F)cc3)n2Cc2ccccc2)c1. The highest BCUT2D eigenvalue weighted by atomic mass is 32.2. The van der Waals surface area contributed by atoms with Crippen molar-refractivity contribution in [1.29, 1.82) is 0 Å². The molecular formula is C25H21FN4O2S. The highest BCUT2D eigenvalue weighted by Gasteiger charge is 2.16. The quantitative estimate of drug-likeness (QED) is 0.294. The number of hydrogen-bond acceptors (Lipinski definition) is 5. The van der Waals surface area contributed by atoms with Gasteiger partial charge in [0, 0.05) is 16.8 Å². The molecule has 0 bridgehead atoms. The van der Waals surface area contributed by atoms with Gasteiger partial charge in [-0.3, -0.25) is 14.2 Å². The Labute approximate surface area is 194 Å². The molecule has 8 heteroatoms. The Morgan fingerprint density at radius 1 is 0.970 bits per heavy atom. The van der Waals surface area contributed by atoms with Gasteiger partial charge in [-0.25, -0.2) is 4.39 Å². The van der Waals surface area contributed by atoms with Gasteiger partial charge in [-0.05, 0) is 48.9 Å². The number of amides is 1. The summed E-state index contributed by atoms with van der Waals surface area (Å²) >= 11 is 1.26. The van der Waals surface area contributed by atoms with Crippen LogP contribution in [0.2, 0.25) is 0 Å². The topological polar surface area (TPSA) is 76.9 Å². The second kappa shape index (κ2) is 10.2. The Hall–Kier alpha value is -3.78. The third-order valence-electron chi connectivity index (χ3n) is 4.89. The molecule has 4 rings (SSSR count). The molecule has 3 aromatic carbocycles. The van der Waals surface area contributed by atoms with E-state index in [1.807, 2.05) is 34.9 Å². The summed E-state index contributed by atoms with van der Waals surface area (Å²) < 4.78 is 15.3. The maximum absolute atomic E-state index is 13.4. The number of nitrogens with zero attached hydrogens (tertiary/aromatic N) is 3. The molecule has 4 aromatic rings. The molecule has 0 aliphatic rings. The predicted octanol–water partition coefficient (Wildman–Crippen LogP) is 5.07. The number of aromatic nitrogens is 3. The number of benzene rings is 3. The first-order valence-corrected chi connectivity index (χ1v) is 11.2. The summed E-state index contributed by atoms with van der Waals surface area (Å²) in [6, 6.07) is 22.7. The lowest BCUT2D eigenvalue weighted by Gasteiger charge is -2.11. The summed E-state index contributed by atoms with van der Waals surface area (Å²) in [6.45, 7) is 1.99. The van der Waals surface area contributed by atoms with Gasteiger partial charge in [-0.2, -0.15) is 0 Å². The lowest BCUT2D eigenvalue weighted by atomic mass is 10.1. The fourth-order valence-electron chi connectivity index (χ4n) is 3.26. The van der Waals surface area contributed by atoms with Gasteiger partial charge in [-0.1, -0.05) is 54.2 Å². The van der Waals surface area contributed by atoms with E-state index in [0.717, 1.165) is 11.1 Å². The summed E-state index contributed by atoms with van der Waals surface area (Å²) in [5.41, 5.74) is 2.88. The van der Waals surface area contributed by atoms with Crippen molar-refractivity contribution in [2.24, 2.45) is 0 Å². The van der Waals surface area contributed by atoms with Crippen LogP contribution in [0.5, 0.6) is 0 Å². The van der Waals surface area contributed by atoms with Crippen molar-refractivity contribution in [1.82, 2.24) is 14.8 Å². The molecule has 0 aliphatic heterocycles. The number of hydrogen-bond donors (Lipinski definition) is 1. The van der Waals surface area contributed by atoms with Crippen molar-refractivity contribution in [3.8, 4) is 11.4 Å². The third-order valence-corrected chi connectivity index (χ3v) is 5.85. The first-order chi connectivity index (χ1) is 16.0. The Morgan fingerprint density at radius 2 is 1.73 bits per heavy atom. The lowest BCUT2D eigenvalue weighted by molar-refractivity contribution is -0.113. The molecule has 0 fully saturated rings. The highest BCUT2D eigenvalue weighted by molar-refractivity contribution is 7.99. The van der Waals surface area contributed by atoms with E-state index < -0.39 is 0 Å². The summed E-state index contributed by atoms with van der Waals surface area (Å²) in [5.74, 6) is 0.0886. The number of Topliss-reactive ketones (excluding diaryl/α,β-unsaturated/α-hetero) is 1. The summed E-state index contributed by atoms with van der Waals surface area (Å²) in [6.07, 6.45) is 0. The van der Waals surface area contributed by atoms with Gasteiger partial charge < -0.3 is 5.32 Å². The summed E-state index contributed by atoms with van der Waals surface area (Å²) in [7, 11) is 0. The maximum atomic E-state index is 13.4. The van der Waals surface area contributed by atoms with Crippen LogP contribution in [0.3, 0.4) is 0 Å². The Balaban J connectivity index is 1.53. The van der Waals surface area contributed by atoms with Crippen molar-refractivity contribution in [3.05, 3.63) is 95.8 Å². The van der Waals surface area contributed by atoms with Gasteiger partial charge in [0.2, 0.25) is 5.91 Å². The fourth-order valence-corrected chi connectivity index (χ4v) is 4.00. The first-order valence-electron chi connectivity index (χ1n) is 10.3. The van der Waals surface area contributed by atoms with Crippen LogP contribution in [-0.2, 0) is 11.3 Å². The molecule has 1 amide bonds. The number of carbonyl (C=O) groups is 2. The van der Waals surface area contributed by atoms with Crippen molar-refractivity contribution in [2.75, 3.05) is 11.1 Å². The van der Waals surface area contributed by atoms with Gasteiger partial charge in [-0.15, -0.1) is 10.2 Å². The van der Waals surface area contributed by atoms with Crippen molar-refractivity contribution in [2.45, 2.75) is 18.6 Å². The van der Waals surface area contributed by atoms with Crippen LogP contribution in [-0.4, -0.2) is 32.2 Å². The molecule has 166 valence electrons. The van der Waals surface area contributed by atoms with Gasteiger partial charge in [0.15, 0.2) is 16.8 Å². The molecule has 0 radical (unpaired) electrons. The summed E-state index contributed by atoms with van der Waals surface area (Å²) in [4.78, 5) is 24.1. The molecule has 0 atom stereocenters. The first kappa shape index (κ1) is 22.4. The second-order valence-corrected chi connectivity index (χ2v) is 8.30. The maximum Gasteiger partial charge on any atom is 0.234 e. The van der Waals surface area contributed by atoms with Crippen molar-refractivity contribution < 1.29 is 14.0 Å². The highest BCUT2D eigenvalue weighted by Crippen LogP contribution is 2.26. The number of ketones is 1. The number of halogens is 1. The van der Waals surface area contributed by atoms with Crippen molar-refractivity contribution in [3.63, 3.8) is 0 Å². The molecule has 1 aromatic heterocycles. The van der Waals surface area contributed by atoms with Crippen molar-refractivity contribution >= 4 is 29.1 Å². The third kappa shape index (κ3) is 5.72. The van der Waals surface area contributed by atoms with Gasteiger partial charge >= 0.3 is 0 Å². The number of anilines is 1.